The number of amides is 2. The van der Waals surface area contributed by atoms with E-state index in [9.17, 15) is 9.59 Å². The monoisotopic (exact) mass is 461 g/mol. The molecule has 2 amide bonds. The minimum atomic E-state index is -0.211. The second-order valence-corrected chi connectivity index (χ2v) is 8.94. The maximum Gasteiger partial charge on any atom is 0.261 e. The molecular formula is C27H31N3O4. The summed E-state index contributed by atoms with van der Waals surface area (Å²) in [6.45, 7) is 6.70. The van der Waals surface area contributed by atoms with Gasteiger partial charge in [-0.15, -0.1) is 0 Å². The van der Waals surface area contributed by atoms with Crippen molar-refractivity contribution in [2.75, 3.05) is 26.1 Å². The number of hydrogen-bond acceptors (Lipinski definition) is 6. The highest BCUT2D eigenvalue weighted by Gasteiger charge is 2.34. The van der Waals surface area contributed by atoms with Gasteiger partial charge in [0.1, 0.15) is 0 Å². The van der Waals surface area contributed by atoms with Crippen LogP contribution in [0.3, 0.4) is 0 Å². The predicted molar refractivity (Wildman–Crippen MR) is 133 cm³/mol. The molecule has 1 aliphatic heterocycles. The fourth-order valence-electron chi connectivity index (χ4n) is 4.39. The van der Waals surface area contributed by atoms with Crippen molar-refractivity contribution < 1.29 is 19.1 Å². The highest BCUT2D eigenvalue weighted by atomic mass is 16.5. The topological polar surface area (TPSA) is 80.8 Å². The Morgan fingerprint density at radius 1 is 0.971 bits per heavy atom. The van der Waals surface area contributed by atoms with E-state index >= 15 is 0 Å². The van der Waals surface area contributed by atoms with Crippen LogP contribution >= 0.6 is 0 Å². The molecule has 1 aromatic heterocycles. The number of nitrogens with one attached hydrogen (secondary N) is 1. The molecule has 2 heterocycles. The van der Waals surface area contributed by atoms with Gasteiger partial charge in [0.2, 0.25) is 0 Å². The number of fused-ring (bicyclic) bond motifs is 2. The van der Waals surface area contributed by atoms with E-state index < -0.39 is 0 Å². The van der Waals surface area contributed by atoms with Gasteiger partial charge in [0.05, 0.1) is 36.6 Å². The zero-order valence-corrected chi connectivity index (χ0v) is 20.3. The molecule has 0 saturated heterocycles. The van der Waals surface area contributed by atoms with Crippen LogP contribution < -0.4 is 14.8 Å². The molecule has 4 rings (SSSR count). The molecule has 1 atom stereocenters. The number of imide groups is 1. The molecule has 0 fully saturated rings. The molecule has 0 bridgehead atoms. The lowest BCUT2D eigenvalue weighted by Crippen LogP contribution is -2.31. The van der Waals surface area contributed by atoms with Gasteiger partial charge >= 0.3 is 0 Å². The Balaban J connectivity index is 1.49. The fraction of sp³-hybridized carbons (Fsp3) is 0.370. The Bertz CT molecular complexity index is 1200. The first-order valence-corrected chi connectivity index (χ1v) is 11.6. The minimum Gasteiger partial charge on any atom is -0.493 e. The van der Waals surface area contributed by atoms with Gasteiger partial charge in [-0.3, -0.25) is 19.5 Å². The van der Waals surface area contributed by atoms with E-state index in [1.807, 2.05) is 18.2 Å². The molecule has 2 aromatic carbocycles. The van der Waals surface area contributed by atoms with Gasteiger partial charge < -0.3 is 14.8 Å². The third kappa shape index (κ3) is 4.30. The minimum absolute atomic E-state index is 0.0842. The van der Waals surface area contributed by atoms with Crippen LogP contribution in [-0.4, -0.2) is 48.5 Å². The first-order chi connectivity index (χ1) is 16.3. The van der Waals surface area contributed by atoms with E-state index in [4.69, 9.17) is 14.5 Å². The van der Waals surface area contributed by atoms with Crippen LogP contribution in [0.1, 0.15) is 65.9 Å². The van der Waals surface area contributed by atoms with Crippen molar-refractivity contribution in [1.82, 2.24) is 9.88 Å². The molecule has 3 aromatic rings. The molecule has 1 N–H and O–H groups in total. The lowest BCUT2D eigenvalue weighted by Gasteiger charge is -2.21. The van der Waals surface area contributed by atoms with Crippen molar-refractivity contribution in [2.45, 2.75) is 45.6 Å². The lowest BCUT2D eigenvalue weighted by molar-refractivity contribution is 0.0651. The summed E-state index contributed by atoms with van der Waals surface area (Å²) in [5.41, 5.74) is 3.67. The molecule has 34 heavy (non-hydrogen) atoms. The van der Waals surface area contributed by atoms with Crippen LogP contribution in [0, 0.1) is 0 Å². The predicted octanol–water partition coefficient (Wildman–Crippen LogP) is 5.25. The Morgan fingerprint density at radius 2 is 1.65 bits per heavy atom. The van der Waals surface area contributed by atoms with E-state index in [2.05, 4.69) is 26.1 Å². The van der Waals surface area contributed by atoms with Crippen LogP contribution in [0.2, 0.25) is 0 Å². The average molecular weight is 462 g/mol. The van der Waals surface area contributed by atoms with E-state index in [-0.39, 0.29) is 17.9 Å². The van der Waals surface area contributed by atoms with Crippen molar-refractivity contribution in [1.29, 1.82) is 0 Å². The normalized spacial score (nSPS) is 14.0. The van der Waals surface area contributed by atoms with E-state index in [1.54, 1.807) is 38.5 Å². The van der Waals surface area contributed by atoms with Gasteiger partial charge in [-0.2, -0.15) is 0 Å². The van der Waals surface area contributed by atoms with Crippen LogP contribution in [0.15, 0.2) is 42.5 Å². The quantitative estimate of drug-likeness (QED) is 0.438. The van der Waals surface area contributed by atoms with Gasteiger partial charge in [0, 0.05) is 29.7 Å². The number of aromatic nitrogens is 1. The summed E-state index contributed by atoms with van der Waals surface area (Å²) in [5.74, 6) is 1.16. The summed E-state index contributed by atoms with van der Waals surface area (Å²) in [5, 5.41) is 4.44. The lowest BCUT2D eigenvalue weighted by atomic mass is 10.1. The third-order valence-electron chi connectivity index (χ3n) is 6.23. The average Bonchev–Trinajstić information content (AvgIpc) is 3.08. The highest BCUT2D eigenvalue weighted by molar-refractivity contribution is 6.21. The SMILES string of the molecule is COc1cc(NC(C)CCCN2C(=O)c3ccccc3C2=O)c2nc(C(C)C)ccc2c1OC. The molecule has 1 unspecified atom stereocenters. The van der Waals surface area contributed by atoms with Crippen LogP contribution in [0.5, 0.6) is 11.5 Å². The molecule has 0 radical (unpaired) electrons. The van der Waals surface area contributed by atoms with E-state index in [0.717, 1.165) is 28.7 Å². The Labute approximate surface area is 200 Å². The first kappa shape index (κ1) is 23.5. The molecule has 7 nitrogen and oxygen atoms in total. The molecule has 178 valence electrons. The van der Waals surface area contributed by atoms with Crippen molar-refractivity contribution in [2.24, 2.45) is 0 Å². The third-order valence-corrected chi connectivity index (χ3v) is 6.23. The molecular weight excluding hydrogens is 430 g/mol. The second kappa shape index (κ2) is 9.71. The molecule has 0 saturated carbocycles. The van der Waals surface area contributed by atoms with E-state index in [1.165, 1.54) is 4.90 Å². The van der Waals surface area contributed by atoms with E-state index in [0.29, 0.717) is 41.5 Å². The standard InChI is InChI=1S/C27H31N3O4/c1-16(2)21-13-12-20-24(29-21)22(15-23(33-4)25(20)34-5)28-17(3)9-8-14-30-26(31)18-10-6-7-11-19(18)27(30)32/h6-7,10-13,15-17,28H,8-9,14H2,1-5H3. The number of rotatable bonds is 9. The molecule has 7 heteroatoms. The van der Waals surface area contributed by atoms with Crippen LogP contribution in [0.4, 0.5) is 5.69 Å². The van der Waals surface area contributed by atoms with Crippen molar-refractivity contribution >= 4 is 28.4 Å². The van der Waals surface area contributed by atoms with Crippen molar-refractivity contribution in [3.63, 3.8) is 0 Å². The number of benzene rings is 2. The van der Waals surface area contributed by atoms with Crippen molar-refractivity contribution in [3.8, 4) is 11.5 Å². The number of anilines is 1. The summed E-state index contributed by atoms with van der Waals surface area (Å²) >= 11 is 0. The zero-order valence-electron chi connectivity index (χ0n) is 20.3. The van der Waals surface area contributed by atoms with Gasteiger partial charge in [0.15, 0.2) is 11.5 Å². The molecule has 0 aliphatic carbocycles. The fourth-order valence-corrected chi connectivity index (χ4v) is 4.39. The number of pyridine rings is 1. The van der Waals surface area contributed by atoms with Gasteiger partial charge in [-0.25, -0.2) is 0 Å². The highest BCUT2D eigenvalue weighted by Crippen LogP contribution is 2.40. The Kier molecular flexibility index (Phi) is 6.72. The van der Waals surface area contributed by atoms with Crippen LogP contribution in [-0.2, 0) is 0 Å². The maximum atomic E-state index is 12.6. The smallest absolute Gasteiger partial charge is 0.261 e. The first-order valence-electron chi connectivity index (χ1n) is 11.6. The number of methoxy groups -OCH3 is 2. The number of carbonyl (C=O) groups excluding carboxylic acids is 2. The zero-order chi connectivity index (χ0) is 24.4. The number of ether oxygens (including phenoxy) is 2. The Morgan fingerprint density at radius 3 is 2.24 bits per heavy atom. The summed E-state index contributed by atoms with van der Waals surface area (Å²) in [6, 6.07) is 13.0. The van der Waals surface area contributed by atoms with Gasteiger partial charge in [-0.05, 0) is 49.9 Å². The number of nitrogens with zero attached hydrogens (tertiary/aromatic N) is 2. The molecule has 0 spiro atoms. The summed E-state index contributed by atoms with van der Waals surface area (Å²) < 4.78 is 11.2. The van der Waals surface area contributed by atoms with Crippen LogP contribution in [0.25, 0.3) is 10.9 Å². The summed E-state index contributed by atoms with van der Waals surface area (Å²) in [6.07, 6.45) is 1.46. The second-order valence-electron chi connectivity index (χ2n) is 8.94. The van der Waals surface area contributed by atoms with Gasteiger partial charge in [0.25, 0.3) is 11.8 Å². The largest absolute Gasteiger partial charge is 0.493 e. The number of hydrogen-bond donors (Lipinski definition) is 1. The van der Waals surface area contributed by atoms with Crippen molar-refractivity contribution in [3.05, 3.63) is 59.3 Å². The maximum absolute atomic E-state index is 12.6. The summed E-state index contributed by atoms with van der Waals surface area (Å²) in [4.78, 5) is 31.4. The Hall–Kier alpha value is -3.61. The number of carbonyl (C=O) groups is 2. The summed E-state index contributed by atoms with van der Waals surface area (Å²) in [7, 11) is 3.25. The van der Waals surface area contributed by atoms with Gasteiger partial charge in [-0.1, -0.05) is 26.0 Å². The molecule has 1 aliphatic rings.